The van der Waals surface area contributed by atoms with E-state index in [1.54, 1.807) is 6.07 Å². The van der Waals surface area contributed by atoms with Crippen LogP contribution in [-0.4, -0.2) is 10.2 Å². The second-order valence-corrected chi connectivity index (χ2v) is 5.61. The number of aromatic nitrogens is 2. The summed E-state index contributed by atoms with van der Waals surface area (Å²) in [6, 6.07) is 13.1. The summed E-state index contributed by atoms with van der Waals surface area (Å²) in [5.41, 5.74) is 2.65. The fourth-order valence-corrected chi connectivity index (χ4v) is 2.35. The lowest BCUT2D eigenvalue weighted by molar-refractivity contribution is 0.515. The molecule has 1 heterocycles. The maximum absolute atomic E-state index is 6.12. The summed E-state index contributed by atoms with van der Waals surface area (Å²) >= 11 is 12.2. The van der Waals surface area contributed by atoms with E-state index in [2.05, 4.69) is 15.5 Å². The average molecular weight is 334 g/mol. The molecule has 1 aromatic heterocycles. The Morgan fingerprint density at radius 2 is 1.86 bits per heavy atom. The van der Waals surface area contributed by atoms with Crippen molar-refractivity contribution in [1.82, 2.24) is 10.2 Å². The largest absolute Gasteiger partial charge is 0.419 e. The van der Waals surface area contributed by atoms with Gasteiger partial charge in [0.1, 0.15) is 0 Å². The van der Waals surface area contributed by atoms with Gasteiger partial charge in [-0.25, -0.2) is 0 Å². The van der Waals surface area contributed by atoms with Gasteiger partial charge in [0.15, 0.2) is 0 Å². The third-order valence-corrected chi connectivity index (χ3v) is 3.92. The van der Waals surface area contributed by atoms with E-state index in [0.29, 0.717) is 28.4 Å². The van der Waals surface area contributed by atoms with Crippen LogP contribution in [0.15, 0.2) is 46.9 Å². The molecule has 0 atom stereocenters. The molecule has 0 spiro atoms. The molecule has 3 aromatic rings. The second-order valence-electron chi connectivity index (χ2n) is 4.80. The summed E-state index contributed by atoms with van der Waals surface area (Å²) in [6.45, 7) is 2.37. The number of nitrogens with one attached hydrogen (secondary N) is 1. The highest BCUT2D eigenvalue weighted by atomic mass is 35.5. The SMILES string of the molecule is Cc1ccc(NCc2nnc(-c3ccccc3Cl)o2)cc1Cl. The molecule has 0 saturated carbocycles. The fraction of sp³-hybridized carbons (Fsp3) is 0.125. The van der Waals surface area contributed by atoms with Gasteiger partial charge < -0.3 is 9.73 Å². The highest BCUT2D eigenvalue weighted by Gasteiger charge is 2.11. The Labute approximate surface area is 138 Å². The normalized spacial score (nSPS) is 10.7. The molecule has 0 radical (unpaired) electrons. The Hall–Kier alpha value is -2.04. The van der Waals surface area contributed by atoms with E-state index in [1.165, 1.54) is 0 Å². The lowest BCUT2D eigenvalue weighted by atomic mass is 10.2. The van der Waals surface area contributed by atoms with E-state index in [9.17, 15) is 0 Å². The molecule has 22 heavy (non-hydrogen) atoms. The van der Waals surface area contributed by atoms with Gasteiger partial charge in [0.05, 0.1) is 17.1 Å². The topological polar surface area (TPSA) is 51.0 Å². The lowest BCUT2D eigenvalue weighted by Crippen LogP contribution is -1.99. The molecule has 0 aliphatic rings. The number of nitrogens with zero attached hydrogens (tertiary/aromatic N) is 2. The smallest absolute Gasteiger partial charge is 0.249 e. The molecule has 0 aliphatic carbocycles. The molecule has 0 fully saturated rings. The Morgan fingerprint density at radius 1 is 1.05 bits per heavy atom. The van der Waals surface area contributed by atoms with E-state index < -0.39 is 0 Å². The molecule has 2 aromatic carbocycles. The zero-order valence-electron chi connectivity index (χ0n) is 11.8. The van der Waals surface area contributed by atoms with Crippen LogP contribution >= 0.6 is 23.2 Å². The van der Waals surface area contributed by atoms with Crippen LogP contribution in [0.4, 0.5) is 5.69 Å². The van der Waals surface area contributed by atoms with E-state index in [0.717, 1.165) is 16.8 Å². The summed E-state index contributed by atoms with van der Waals surface area (Å²) < 4.78 is 5.62. The first kappa shape index (κ1) is 14.9. The molecule has 0 aliphatic heterocycles. The van der Waals surface area contributed by atoms with Gasteiger partial charge in [-0.15, -0.1) is 10.2 Å². The molecule has 0 bridgehead atoms. The van der Waals surface area contributed by atoms with E-state index in [4.69, 9.17) is 27.6 Å². The van der Waals surface area contributed by atoms with Crippen molar-refractivity contribution >= 4 is 28.9 Å². The number of hydrogen-bond donors (Lipinski definition) is 1. The first-order chi connectivity index (χ1) is 10.6. The minimum Gasteiger partial charge on any atom is -0.419 e. The Kier molecular flexibility index (Phi) is 4.32. The fourth-order valence-electron chi connectivity index (χ4n) is 1.95. The van der Waals surface area contributed by atoms with Crippen molar-refractivity contribution in [3.8, 4) is 11.5 Å². The van der Waals surface area contributed by atoms with Crippen molar-refractivity contribution in [3.05, 3.63) is 64.0 Å². The third kappa shape index (κ3) is 3.24. The quantitative estimate of drug-likeness (QED) is 0.732. The number of anilines is 1. The average Bonchev–Trinajstić information content (AvgIpc) is 2.98. The molecule has 4 nitrogen and oxygen atoms in total. The van der Waals surface area contributed by atoms with Gasteiger partial charge in [0.25, 0.3) is 0 Å². The molecule has 0 amide bonds. The van der Waals surface area contributed by atoms with E-state index in [-0.39, 0.29) is 0 Å². The summed E-state index contributed by atoms with van der Waals surface area (Å²) in [5.74, 6) is 0.885. The van der Waals surface area contributed by atoms with Crippen LogP contribution in [0, 0.1) is 6.92 Å². The van der Waals surface area contributed by atoms with Crippen molar-refractivity contribution in [2.45, 2.75) is 13.5 Å². The number of halogens is 2. The Bertz CT molecular complexity index is 802. The van der Waals surface area contributed by atoms with Crippen LogP contribution < -0.4 is 5.32 Å². The lowest BCUT2D eigenvalue weighted by Gasteiger charge is -2.05. The summed E-state index contributed by atoms with van der Waals surface area (Å²) in [7, 11) is 0. The number of benzene rings is 2. The summed E-state index contributed by atoms with van der Waals surface area (Å²) in [6.07, 6.45) is 0. The standard InChI is InChI=1S/C16H13Cl2N3O/c1-10-6-7-11(8-14(10)18)19-9-15-20-21-16(22-15)12-4-2-3-5-13(12)17/h2-8,19H,9H2,1H3. The predicted octanol–water partition coefficient (Wildman–Crippen LogP) is 4.96. The maximum Gasteiger partial charge on any atom is 0.249 e. The van der Waals surface area contributed by atoms with E-state index >= 15 is 0 Å². The minimum absolute atomic E-state index is 0.407. The van der Waals surface area contributed by atoms with Crippen LogP contribution in [-0.2, 0) is 6.54 Å². The monoisotopic (exact) mass is 333 g/mol. The maximum atomic E-state index is 6.12. The molecule has 0 unspecified atom stereocenters. The van der Waals surface area contributed by atoms with Crippen molar-refractivity contribution in [2.75, 3.05) is 5.32 Å². The van der Waals surface area contributed by atoms with Gasteiger partial charge in [-0.3, -0.25) is 0 Å². The van der Waals surface area contributed by atoms with E-state index in [1.807, 2.05) is 43.3 Å². The highest BCUT2D eigenvalue weighted by molar-refractivity contribution is 6.33. The first-order valence-electron chi connectivity index (χ1n) is 6.71. The number of hydrogen-bond acceptors (Lipinski definition) is 4. The summed E-state index contributed by atoms with van der Waals surface area (Å²) in [5, 5.41) is 12.5. The highest BCUT2D eigenvalue weighted by Crippen LogP contribution is 2.26. The van der Waals surface area contributed by atoms with Crippen LogP contribution in [0.25, 0.3) is 11.5 Å². The molecule has 1 N–H and O–H groups in total. The zero-order chi connectivity index (χ0) is 15.5. The van der Waals surface area contributed by atoms with Gasteiger partial charge in [-0.2, -0.15) is 0 Å². The van der Waals surface area contributed by atoms with Gasteiger partial charge in [0, 0.05) is 10.7 Å². The van der Waals surface area contributed by atoms with Crippen LogP contribution in [0.2, 0.25) is 10.0 Å². The number of rotatable bonds is 4. The van der Waals surface area contributed by atoms with Crippen molar-refractivity contribution in [1.29, 1.82) is 0 Å². The third-order valence-electron chi connectivity index (χ3n) is 3.19. The van der Waals surface area contributed by atoms with Crippen LogP contribution in [0.1, 0.15) is 11.5 Å². The molecule has 112 valence electrons. The van der Waals surface area contributed by atoms with Gasteiger partial charge in [-0.1, -0.05) is 41.4 Å². The molecular weight excluding hydrogens is 321 g/mol. The van der Waals surface area contributed by atoms with Gasteiger partial charge in [0.2, 0.25) is 11.8 Å². The minimum atomic E-state index is 0.407. The zero-order valence-corrected chi connectivity index (χ0v) is 13.3. The first-order valence-corrected chi connectivity index (χ1v) is 7.46. The Morgan fingerprint density at radius 3 is 2.64 bits per heavy atom. The van der Waals surface area contributed by atoms with Crippen molar-refractivity contribution < 1.29 is 4.42 Å². The molecule has 6 heteroatoms. The molecular formula is C16H13Cl2N3O. The number of aryl methyl sites for hydroxylation is 1. The predicted molar refractivity (Wildman–Crippen MR) is 88.3 cm³/mol. The summed E-state index contributed by atoms with van der Waals surface area (Å²) in [4.78, 5) is 0. The van der Waals surface area contributed by atoms with Crippen LogP contribution in [0.5, 0.6) is 0 Å². The second kappa shape index (κ2) is 6.38. The van der Waals surface area contributed by atoms with Gasteiger partial charge in [-0.05, 0) is 36.8 Å². The molecule has 0 saturated heterocycles. The van der Waals surface area contributed by atoms with Crippen molar-refractivity contribution in [2.24, 2.45) is 0 Å². The van der Waals surface area contributed by atoms with Gasteiger partial charge >= 0.3 is 0 Å². The van der Waals surface area contributed by atoms with Crippen LogP contribution in [0.3, 0.4) is 0 Å². The molecule has 3 rings (SSSR count). The van der Waals surface area contributed by atoms with Crippen molar-refractivity contribution in [3.63, 3.8) is 0 Å². The Balaban J connectivity index is 1.72.